The minimum atomic E-state index is 0. The molecule has 4 nitrogen and oxygen atoms in total. The molecule has 2 heterocycles. The number of nitrogens with zero attached hydrogens (tertiary/aromatic N) is 3. The maximum Gasteiger partial charge on any atom is 0.142 e. The van der Waals surface area contributed by atoms with Crippen LogP contribution in [0.1, 0.15) is 25.3 Å². The second-order valence-corrected chi connectivity index (χ2v) is 4.04. The van der Waals surface area contributed by atoms with Crippen LogP contribution in [0.5, 0.6) is 0 Å². The van der Waals surface area contributed by atoms with Gasteiger partial charge in [-0.1, -0.05) is 20.0 Å². The predicted octanol–water partition coefficient (Wildman–Crippen LogP) is 2.48. The monoisotopic (exact) mass is 304 g/mol. The van der Waals surface area contributed by atoms with Crippen molar-refractivity contribution in [3.63, 3.8) is 0 Å². The van der Waals surface area contributed by atoms with E-state index in [9.17, 15) is 0 Å². The molecule has 0 aromatic carbocycles. The summed E-state index contributed by atoms with van der Waals surface area (Å²) in [7, 11) is 1.88. The zero-order valence-corrected chi connectivity index (χ0v) is 13.1. The molecule has 0 fully saturated rings. The van der Waals surface area contributed by atoms with Gasteiger partial charge in [-0.15, -0.1) is 11.6 Å². The van der Waals surface area contributed by atoms with Crippen LogP contribution >= 0.6 is 0 Å². The van der Waals surface area contributed by atoms with E-state index in [1.807, 2.05) is 31.6 Å². The topological polar surface area (TPSA) is 42.7 Å². The number of hydrogen-bond acceptors (Lipinski definition) is 3. The molecule has 0 aliphatic carbocycles. The minimum Gasteiger partial charge on any atom is -0.377 e. The number of hydrogen-bond donors (Lipinski definition) is 1. The molecule has 0 aliphatic rings. The van der Waals surface area contributed by atoms with Crippen molar-refractivity contribution >= 4 is 11.6 Å². The van der Waals surface area contributed by atoms with Crippen LogP contribution in [0.2, 0.25) is 0 Å². The summed E-state index contributed by atoms with van der Waals surface area (Å²) in [6.45, 7) is 4.25. The minimum absolute atomic E-state index is 0. The fourth-order valence-corrected chi connectivity index (χ4v) is 1.36. The van der Waals surface area contributed by atoms with Gasteiger partial charge in [0, 0.05) is 51.8 Å². The van der Waals surface area contributed by atoms with E-state index in [4.69, 9.17) is 0 Å². The van der Waals surface area contributed by atoms with Crippen molar-refractivity contribution in [3.05, 3.63) is 36.2 Å². The smallest absolute Gasteiger partial charge is 0.142 e. The van der Waals surface area contributed by atoms with Crippen LogP contribution < -0.4 is 5.32 Å². The molecule has 2 aromatic heterocycles. The molecule has 2 aromatic rings. The average Bonchev–Trinajstić information content (AvgIpc) is 2.65. The Labute approximate surface area is 127 Å². The van der Waals surface area contributed by atoms with Crippen LogP contribution in [-0.2, 0) is 39.8 Å². The summed E-state index contributed by atoms with van der Waals surface area (Å²) in [6.07, 6.45) is 3.73. The van der Waals surface area contributed by atoms with Gasteiger partial charge in [-0.2, -0.15) is 11.2 Å². The van der Waals surface area contributed by atoms with E-state index in [1.54, 1.807) is 4.68 Å². The fraction of sp³-hybridized carbons (Fsp3) is 0.333. The van der Waals surface area contributed by atoms with E-state index in [1.165, 1.54) is 0 Å². The first-order valence-electron chi connectivity index (χ1n) is 5.29. The van der Waals surface area contributed by atoms with Crippen molar-refractivity contribution in [2.24, 2.45) is 7.05 Å². The van der Waals surface area contributed by atoms with Crippen molar-refractivity contribution < 1.29 is 32.7 Å². The molecule has 5 heteroatoms. The van der Waals surface area contributed by atoms with Crippen molar-refractivity contribution in [3.8, 4) is 0 Å². The van der Waals surface area contributed by atoms with Crippen molar-refractivity contribution in [1.82, 2.24) is 14.8 Å². The Kier molecular flexibility index (Phi) is 5.28. The molecule has 0 saturated carbocycles. The molecule has 0 saturated heterocycles. The van der Waals surface area contributed by atoms with Gasteiger partial charge in [0.15, 0.2) is 0 Å². The van der Waals surface area contributed by atoms with Crippen LogP contribution in [0.15, 0.2) is 24.5 Å². The Balaban J connectivity index is 0.00000144. The van der Waals surface area contributed by atoms with Gasteiger partial charge in [0.05, 0.1) is 0 Å². The van der Waals surface area contributed by atoms with Gasteiger partial charge in [0.25, 0.3) is 0 Å². The number of rotatable bonds is 3. The third-order valence-corrected chi connectivity index (χ3v) is 2.31. The number of aromatic nitrogens is 3. The summed E-state index contributed by atoms with van der Waals surface area (Å²) in [6, 6.07) is 6.96. The molecule has 2 rings (SSSR count). The summed E-state index contributed by atoms with van der Waals surface area (Å²) < 4.78 is 1.74. The molecule has 0 atom stereocenters. The van der Waals surface area contributed by atoms with Crippen LogP contribution in [-0.4, -0.2) is 14.8 Å². The molecule has 0 unspecified atom stereocenters. The Morgan fingerprint density at radius 3 is 2.59 bits per heavy atom. The van der Waals surface area contributed by atoms with E-state index < -0.39 is 0 Å². The number of aryl methyl sites for hydroxylation is 1. The first-order chi connectivity index (χ1) is 7.65. The van der Waals surface area contributed by atoms with E-state index in [-0.39, 0.29) is 32.7 Å². The normalized spacial score (nSPS) is 10.1. The fourth-order valence-electron chi connectivity index (χ4n) is 1.36. The van der Waals surface area contributed by atoms with Crippen molar-refractivity contribution in [2.45, 2.75) is 19.8 Å². The maximum absolute atomic E-state index is 4.31. The van der Waals surface area contributed by atoms with Crippen molar-refractivity contribution in [2.75, 3.05) is 5.32 Å². The molecule has 0 aliphatic heterocycles. The SMILES string of the molecule is CC(C)c1[c-]cc(Nc2ccn(C)n2)nc1.[Y]. The number of anilines is 2. The Morgan fingerprint density at radius 2 is 2.12 bits per heavy atom. The quantitative estimate of drug-likeness (QED) is 0.886. The maximum atomic E-state index is 4.31. The van der Waals surface area contributed by atoms with E-state index in [0.29, 0.717) is 5.92 Å². The summed E-state index contributed by atoms with van der Waals surface area (Å²) >= 11 is 0. The Bertz CT molecular complexity index is 462. The predicted molar refractivity (Wildman–Crippen MR) is 63.7 cm³/mol. The number of nitrogens with one attached hydrogen (secondary N) is 1. The van der Waals surface area contributed by atoms with Gasteiger partial charge in [0.2, 0.25) is 0 Å². The summed E-state index contributed by atoms with van der Waals surface area (Å²) in [5.74, 6) is 2.01. The van der Waals surface area contributed by atoms with E-state index in [2.05, 4.69) is 35.3 Å². The molecule has 0 amide bonds. The Hall–Kier alpha value is -0.736. The average molecular weight is 304 g/mol. The van der Waals surface area contributed by atoms with Gasteiger partial charge in [-0.3, -0.25) is 4.68 Å². The second kappa shape index (κ2) is 6.27. The van der Waals surface area contributed by atoms with Gasteiger partial charge in [-0.25, -0.2) is 0 Å². The molecule has 0 bridgehead atoms. The number of pyridine rings is 1. The Morgan fingerprint density at radius 1 is 1.35 bits per heavy atom. The van der Waals surface area contributed by atoms with Gasteiger partial charge < -0.3 is 10.3 Å². The largest absolute Gasteiger partial charge is 0.377 e. The molecule has 0 spiro atoms. The molecule has 87 valence electrons. The van der Waals surface area contributed by atoms with Gasteiger partial charge >= 0.3 is 0 Å². The third kappa shape index (κ3) is 3.89. The zero-order valence-electron chi connectivity index (χ0n) is 10.3. The van der Waals surface area contributed by atoms with E-state index >= 15 is 0 Å². The third-order valence-electron chi connectivity index (χ3n) is 2.31. The molecule has 1 radical (unpaired) electrons. The van der Waals surface area contributed by atoms with Crippen LogP contribution in [0.3, 0.4) is 0 Å². The van der Waals surface area contributed by atoms with Crippen LogP contribution in [0.25, 0.3) is 0 Å². The second-order valence-electron chi connectivity index (χ2n) is 4.04. The van der Waals surface area contributed by atoms with E-state index in [0.717, 1.165) is 17.2 Å². The first kappa shape index (κ1) is 14.3. The van der Waals surface area contributed by atoms with Crippen molar-refractivity contribution in [1.29, 1.82) is 0 Å². The molecule has 1 N–H and O–H groups in total. The summed E-state index contributed by atoms with van der Waals surface area (Å²) in [5, 5.41) is 7.33. The molecule has 17 heavy (non-hydrogen) atoms. The molecular weight excluding hydrogens is 289 g/mol. The van der Waals surface area contributed by atoms with Crippen LogP contribution in [0.4, 0.5) is 11.6 Å². The standard InChI is InChI=1S/C12H15N4.Y/c1-9(2)10-4-5-11(13-8-10)14-12-6-7-16(3)15-12;/h5-9H,1-3H3,(H,13,14,15);/q-1;. The molecular formula is C12H15N4Y-. The summed E-state index contributed by atoms with van der Waals surface area (Å²) in [4.78, 5) is 4.31. The zero-order chi connectivity index (χ0) is 11.5. The van der Waals surface area contributed by atoms with Gasteiger partial charge in [-0.05, 0) is 12.0 Å². The van der Waals surface area contributed by atoms with Gasteiger partial charge in [0.1, 0.15) is 5.82 Å². The van der Waals surface area contributed by atoms with Crippen LogP contribution in [0, 0.1) is 6.07 Å². The first-order valence-corrected chi connectivity index (χ1v) is 5.29. The summed E-state index contributed by atoms with van der Waals surface area (Å²) in [5.41, 5.74) is 1.12.